The Kier molecular flexibility index (Phi) is 8.61. The SMILES string of the molecule is CN1CCN(C)CC(C(=O)O)CN(C)CCN(C)CC(C(=O)O)C1. The van der Waals surface area contributed by atoms with Gasteiger partial charge >= 0.3 is 11.9 Å². The van der Waals surface area contributed by atoms with Crippen LogP contribution in [-0.4, -0.2) is 122 Å². The molecule has 0 atom stereocenters. The zero-order chi connectivity index (χ0) is 18.3. The van der Waals surface area contributed by atoms with E-state index in [0.29, 0.717) is 52.4 Å². The van der Waals surface area contributed by atoms with E-state index in [4.69, 9.17) is 0 Å². The van der Waals surface area contributed by atoms with E-state index in [1.807, 2.05) is 47.8 Å². The Morgan fingerprint density at radius 3 is 1.00 bits per heavy atom. The topological polar surface area (TPSA) is 87.6 Å². The number of nitrogens with zero attached hydrogens (tertiary/aromatic N) is 4. The summed E-state index contributed by atoms with van der Waals surface area (Å²) in [5.41, 5.74) is 0. The van der Waals surface area contributed by atoms with Crippen LogP contribution in [0.4, 0.5) is 0 Å². The molecule has 140 valence electrons. The van der Waals surface area contributed by atoms with Crippen LogP contribution in [0.15, 0.2) is 0 Å². The zero-order valence-corrected chi connectivity index (χ0v) is 15.3. The van der Waals surface area contributed by atoms with Gasteiger partial charge in [-0.05, 0) is 28.2 Å². The van der Waals surface area contributed by atoms with Gasteiger partial charge in [0.2, 0.25) is 0 Å². The van der Waals surface area contributed by atoms with Crippen LogP contribution in [0.3, 0.4) is 0 Å². The van der Waals surface area contributed by atoms with Gasteiger partial charge in [-0.3, -0.25) is 9.59 Å². The lowest BCUT2D eigenvalue weighted by atomic mass is 10.1. The molecular weight excluding hydrogens is 312 g/mol. The van der Waals surface area contributed by atoms with Gasteiger partial charge in [0, 0.05) is 52.4 Å². The predicted octanol–water partition coefficient (Wildman–Crippen LogP) is -0.871. The van der Waals surface area contributed by atoms with Gasteiger partial charge in [0.05, 0.1) is 11.8 Å². The van der Waals surface area contributed by atoms with Crippen LogP contribution in [0, 0.1) is 11.8 Å². The van der Waals surface area contributed by atoms with Crippen molar-refractivity contribution in [2.45, 2.75) is 0 Å². The fourth-order valence-corrected chi connectivity index (χ4v) is 2.98. The summed E-state index contributed by atoms with van der Waals surface area (Å²) in [4.78, 5) is 31.0. The van der Waals surface area contributed by atoms with Gasteiger partial charge in [-0.25, -0.2) is 0 Å². The molecule has 1 rings (SSSR count). The summed E-state index contributed by atoms with van der Waals surface area (Å²) in [6, 6.07) is 0. The van der Waals surface area contributed by atoms with Crippen LogP contribution >= 0.6 is 0 Å². The minimum absolute atomic E-state index is 0.426. The van der Waals surface area contributed by atoms with Gasteiger partial charge in [-0.2, -0.15) is 0 Å². The Labute approximate surface area is 144 Å². The molecule has 24 heavy (non-hydrogen) atoms. The average molecular weight is 344 g/mol. The highest BCUT2D eigenvalue weighted by Gasteiger charge is 2.24. The second-order valence-electron chi connectivity index (χ2n) is 7.12. The van der Waals surface area contributed by atoms with E-state index in [2.05, 4.69) is 0 Å². The van der Waals surface area contributed by atoms with Crippen LogP contribution in [0.1, 0.15) is 0 Å². The fraction of sp³-hybridized carbons (Fsp3) is 0.875. The van der Waals surface area contributed by atoms with E-state index in [9.17, 15) is 19.8 Å². The van der Waals surface area contributed by atoms with Crippen molar-refractivity contribution in [3.05, 3.63) is 0 Å². The number of hydrogen-bond donors (Lipinski definition) is 2. The second kappa shape index (κ2) is 9.93. The van der Waals surface area contributed by atoms with E-state index in [1.165, 1.54) is 0 Å². The molecule has 0 spiro atoms. The number of aliphatic carboxylic acids is 2. The highest BCUT2D eigenvalue weighted by molar-refractivity contribution is 5.71. The molecule has 0 aromatic carbocycles. The maximum Gasteiger partial charge on any atom is 0.309 e. The first kappa shape index (κ1) is 20.8. The highest BCUT2D eigenvalue weighted by atomic mass is 16.4. The molecule has 8 nitrogen and oxygen atoms in total. The van der Waals surface area contributed by atoms with E-state index in [0.717, 1.165) is 0 Å². The van der Waals surface area contributed by atoms with Crippen molar-refractivity contribution in [1.82, 2.24) is 19.6 Å². The minimum Gasteiger partial charge on any atom is -0.481 e. The van der Waals surface area contributed by atoms with Crippen molar-refractivity contribution in [1.29, 1.82) is 0 Å². The smallest absolute Gasteiger partial charge is 0.309 e. The van der Waals surface area contributed by atoms with Crippen LogP contribution in [-0.2, 0) is 9.59 Å². The number of hydrogen-bond acceptors (Lipinski definition) is 6. The van der Waals surface area contributed by atoms with Gasteiger partial charge in [0.15, 0.2) is 0 Å². The van der Waals surface area contributed by atoms with E-state index >= 15 is 0 Å². The maximum atomic E-state index is 11.5. The maximum absolute atomic E-state index is 11.5. The van der Waals surface area contributed by atoms with Crippen molar-refractivity contribution in [2.24, 2.45) is 11.8 Å². The first-order chi connectivity index (χ1) is 11.2. The lowest BCUT2D eigenvalue weighted by Crippen LogP contribution is -2.45. The van der Waals surface area contributed by atoms with Crippen molar-refractivity contribution in [3.63, 3.8) is 0 Å². The molecule has 0 aliphatic carbocycles. The fourth-order valence-electron chi connectivity index (χ4n) is 2.98. The van der Waals surface area contributed by atoms with Crippen LogP contribution in [0.2, 0.25) is 0 Å². The predicted molar refractivity (Wildman–Crippen MR) is 92.2 cm³/mol. The lowest BCUT2D eigenvalue weighted by Gasteiger charge is -2.31. The second-order valence-corrected chi connectivity index (χ2v) is 7.12. The summed E-state index contributed by atoms with van der Waals surface area (Å²) < 4.78 is 0. The molecule has 0 radical (unpaired) electrons. The lowest BCUT2D eigenvalue weighted by molar-refractivity contribution is -0.144. The summed E-state index contributed by atoms with van der Waals surface area (Å²) in [7, 11) is 7.66. The number of carboxylic acids is 2. The Hall–Kier alpha value is -1.22. The van der Waals surface area contributed by atoms with Crippen LogP contribution in [0.5, 0.6) is 0 Å². The summed E-state index contributed by atoms with van der Waals surface area (Å²) in [5, 5.41) is 18.9. The molecule has 1 fully saturated rings. The van der Waals surface area contributed by atoms with Gasteiger partial charge in [0.1, 0.15) is 0 Å². The van der Waals surface area contributed by atoms with Crippen LogP contribution in [0.25, 0.3) is 0 Å². The Balaban J connectivity index is 2.80. The van der Waals surface area contributed by atoms with Gasteiger partial charge < -0.3 is 29.8 Å². The van der Waals surface area contributed by atoms with Crippen molar-refractivity contribution >= 4 is 11.9 Å². The summed E-state index contributed by atoms with van der Waals surface area (Å²) >= 11 is 0. The molecule has 1 heterocycles. The highest BCUT2D eigenvalue weighted by Crippen LogP contribution is 2.07. The molecule has 0 aromatic rings. The molecule has 1 saturated heterocycles. The van der Waals surface area contributed by atoms with Gasteiger partial charge in [-0.15, -0.1) is 0 Å². The monoisotopic (exact) mass is 344 g/mol. The third-order valence-electron chi connectivity index (χ3n) is 4.55. The summed E-state index contributed by atoms with van der Waals surface area (Å²) in [6.45, 7) is 4.82. The Bertz CT molecular complexity index is 359. The van der Waals surface area contributed by atoms with Crippen molar-refractivity contribution in [3.8, 4) is 0 Å². The molecule has 0 amide bonds. The Morgan fingerprint density at radius 1 is 0.625 bits per heavy atom. The van der Waals surface area contributed by atoms with Gasteiger partial charge in [-0.1, -0.05) is 0 Å². The van der Waals surface area contributed by atoms with Crippen molar-refractivity contribution < 1.29 is 19.8 Å². The molecule has 0 unspecified atom stereocenters. The number of likely N-dealkylation sites (N-methyl/N-ethyl adjacent to an activating group) is 4. The van der Waals surface area contributed by atoms with E-state index in [-0.39, 0.29) is 0 Å². The molecule has 1 aliphatic heterocycles. The molecule has 8 heteroatoms. The summed E-state index contributed by atoms with van der Waals surface area (Å²) in [6.07, 6.45) is 0. The number of carbonyl (C=O) groups is 2. The largest absolute Gasteiger partial charge is 0.481 e. The number of carboxylic acid groups (broad SMARTS) is 2. The van der Waals surface area contributed by atoms with Crippen molar-refractivity contribution in [2.75, 3.05) is 80.5 Å². The third kappa shape index (κ3) is 7.57. The molecular formula is C16H32N4O4. The van der Waals surface area contributed by atoms with E-state index in [1.54, 1.807) is 0 Å². The molecule has 0 aromatic heterocycles. The first-order valence-electron chi connectivity index (χ1n) is 8.38. The molecule has 0 saturated carbocycles. The van der Waals surface area contributed by atoms with Crippen LogP contribution < -0.4 is 0 Å². The summed E-state index contributed by atoms with van der Waals surface area (Å²) in [5.74, 6) is -2.39. The molecule has 2 N–H and O–H groups in total. The Morgan fingerprint density at radius 2 is 0.833 bits per heavy atom. The molecule has 1 aliphatic rings. The first-order valence-corrected chi connectivity index (χ1v) is 8.38. The average Bonchev–Trinajstić information content (AvgIpc) is 2.48. The minimum atomic E-state index is -0.770. The third-order valence-corrected chi connectivity index (χ3v) is 4.55. The molecule has 0 bridgehead atoms. The zero-order valence-electron chi connectivity index (χ0n) is 15.3. The quantitative estimate of drug-likeness (QED) is 0.668. The van der Waals surface area contributed by atoms with Gasteiger partial charge in [0.25, 0.3) is 0 Å². The standard InChI is InChI=1S/C16H32N4O4/c1-17-5-6-18(2)11-14(16(23)24)12-20(4)8-7-19(3)10-13(9-17)15(21)22/h13-14H,5-12H2,1-4H3,(H,21,22)(H,23,24). The normalized spacial score (nSPS) is 28.3. The number of rotatable bonds is 2. The van der Waals surface area contributed by atoms with E-state index < -0.39 is 23.8 Å².